The summed E-state index contributed by atoms with van der Waals surface area (Å²) in [5.41, 5.74) is 1.26. The number of ether oxygens (including phenoxy) is 2. The Balaban J connectivity index is 1.69. The number of nitrogens with one attached hydrogen (secondary N) is 1. The van der Waals surface area contributed by atoms with E-state index >= 15 is 0 Å². The van der Waals surface area contributed by atoms with Crippen LogP contribution in [-0.2, 0) is 4.74 Å². The second-order valence-corrected chi connectivity index (χ2v) is 4.15. The molecule has 1 heterocycles. The summed E-state index contributed by atoms with van der Waals surface area (Å²) in [6.07, 6.45) is 1.25. The minimum atomic E-state index is 0.305. The van der Waals surface area contributed by atoms with Gasteiger partial charge in [0.1, 0.15) is 5.75 Å². The molecule has 1 atom stereocenters. The zero-order valence-electron chi connectivity index (χ0n) is 9.74. The molecule has 2 rings (SSSR count). The Morgan fingerprint density at radius 2 is 2.19 bits per heavy atom. The molecule has 16 heavy (non-hydrogen) atoms. The molecule has 0 aromatic heterocycles. The standard InChI is InChI=1S/C13H19NO2/c1-11-2-4-12(5-3-11)15-8-6-13-10-14-7-9-16-13/h2-5,13-14H,6-10H2,1H3. The second-order valence-electron chi connectivity index (χ2n) is 4.15. The number of benzene rings is 1. The van der Waals surface area contributed by atoms with Crippen molar-refractivity contribution < 1.29 is 9.47 Å². The van der Waals surface area contributed by atoms with Gasteiger partial charge in [0.05, 0.1) is 19.3 Å². The highest BCUT2D eigenvalue weighted by atomic mass is 16.5. The first kappa shape index (κ1) is 11.4. The van der Waals surface area contributed by atoms with E-state index < -0.39 is 0 Å². The van der Waals surface area contributed by atoms with E-state index in [0.717, 1.165) is 38.5 Å². The highest BCUT2D eigenvalue weighted by Crippen LogP contribution is 2.12. The van der Waals surface area contributed by atoms with Gasteiger partial charge in [-0.25, -0.2) is 0 Å². The van der Waals surface area contributed by atoms with Crippen molar-refractivity contribution in [3.63, 3.8) is 0 Å². The summed E-state index contributed by atoms with van der Waals surface area (Å²) in [7, 11) is 0. The monoisotopic (exact) mass is 221 g/mol. The molecule has 1 aromatic carbocycles. The van der Waals surface area contributed by atoms with Crippen LogP contribution in [0.15, 0.2) is 24.3 Å². The van der Waals surface area contributed by atoms with Crippen molar-refractivity contribution in [2.75, 3.05) is 26.3 Å². The predicted molar refractivity (Wildman–Crippen MR) is 63.9 cm³/mol. The lowest BCUT2D eigenvalue weighted by Gasteiger charge is -2.23. The number of hydrogen-bond acceptors (Lipinski definition) is 3. The summed E-state index contributed by atoms with van der Waals surface area (Å²) >= 11 is 0. The van der Waals surface area contributed by atoms with E-state index in [1.807, 2.05) is 12.1 Å². The number of aryl methyl sites for hydroxylation is 1. The van der Waals surface area contributed by atoms with Gasteiger partial charge in [0.2, 0.25) is 0 Å². The van der Waals surface area contributed by atoms with E-state index in [9.17, 15) is 0 Å². The van der Waals surface area contributed by atoms with Gasteiger partial charge in [0.15, 0.2) is 0 Å². The Morgan fingerprint density at radius 1 is 1.38 bits per heavy atom. The summed E-state index contributed by atoms with van der Waals surface area (Å²) in [6.45, 7) is 5.52. The lowest BCUT2D eigenvalue weighted by atomic mass is 10.2. The minimum Gasteiger partial charge on any atom is -0.493 e. The van der Waals surface area contributed by atoms with Gasteiger partial charge in [0, 0.05) is 19.5 Å². The Hall–Kier alpha value is -1.06. The van der Waals surface area contributed by atoms with Crippen LogP contribution in [0.2, 0.25) is 0 Å². The quantitative estimate of drug-likeness (QED) is 0.840. The molecule has 0 radical (unpaired) electrons. The Morgan fingerprint density at radius 3 is 2.88 bits per heavy atom. The van der Waals surface area contributed by atoms with Crippen molar-refractivity contribution in [3.8, 4) is 5.75 Å². The van der Waals surface area contributed by atoms with Crippen LogP contribution in [0.25, 0.3) is 0 Å². The van der Waals surface area contributed by atoms with Gasteiger partial charge in [-0.1, -0.05) is 17.7 Å². The van der Waals surface area contributed by atoms with Crippen LogP contribution in [0.1, 0.15) is 12.0 Å². The largest absolute Gasteiger partial charge is 0.493 e. The van der Waals surface area contributed by atoms with Crippen LogP contribution in [-0.4, -0.2) is 32.4 Å². The summed E-state index contributed by atoms with van der Waals surface area (Å²) in [6, 6.07) is 8.15. The fourth-order valence-corrected chi connectivity index (χ4v) is 1.75. The van der Waals surface area contributed by atoms with Crippen LogP contribution in [0.3, 0.4) is 0 Å². The summed E-state index contributed by atoms with van der Waals surface area (Å²) < 4.78 is 11.2. The van der Waals surface area contributed by atoms with Crippen LogP contribution in [0, 0.1) is 6.92 Å². The molecule has 1 saturated heterocycles. The third-order valence-electron chi connectivity index (χ3n) is 2.73. The molecule has 1 aliphatic heterocycles. The molecular weight excluding hydrogens is 202 g/mol. The van der Waals surface area contributed by atoms with Crippen molar-refractivity contribution in [1.29, 1.82) is 0 Å². The van der Waals surface area contributed by atoms with Gasteiger partial charge in [-0.3, -0.25) is 0 Å². The average molecular weight is 221 g/mol. The van der Waals surface area contributed by atoms with Crippen molar-refractivity contribution in [2.45, 2.75) is 19.4 Å². The first-order chi connectivity index (χ1) is 7.84. The molecule has 1 aromatic rings. The molecule has 0 amide bonds. The van der Waals surface area contributed by atoms with Gasteiger partial charge in [-0.2, -0.15) is 0 Å². The predicted octanol–water partition coefficient (Wildman–Crippen LogP) is 1.75. The van der Waals surface area contributed by atoms with Gasteiger partial charge in [-0.15, -0.1) is 0 Å². The smallest absolute Gasteiger partial charge is 0.119 e. The van der Waals surface area contributed by atoms with Crippen LogP contribution < -0.4 is 10.1 Å². The topological polar surface area (TPSA) is 30.5 Å². The molecule has 0 bridgehead atoms. The molecule has 0 aliphatic carbocycles. The third-order valence-corrected chi connectivity index (χ3v) is 2.73. The van der Waals surface area contributed by atoms with E-state index in [2.05, 4.69) is 24.4 Å². The molecule has 3 nitrogen and oxygen atoms in total. The third kappa shape index (κ3) is 3.51. The van der Waals surface area contributed by atoms with Crippen LogP contribution >= 0.6 is 0 Å². The molecule has 1 N–H and O–H groups in total. The van der Waals surface area contributed by atoms with Gasteiger partial charge in [0.25, 0.3) is 0 Å². The number of rotatable bonds is 4. The van der Waals surface area contributed by atoms with E-state index in [-0.39, 0.29) is 0 Å². The molecular formula is C13H19NO2. The maximum atomic E-state index is 5.66. The van der Waals surface area contributed by atoms with Crippen LogP contribution in [0.4, 0.5) is 0 Å². The Kier molecular flexibility index (Phi) is 4.19. The first-order valence-corrected chi connectivity index (χ1v) is 5.86. The molecule has 1 aliphatic rings. The fourth-order valence-electron chi connectivity index (χ4n) is 1.75. The van der Waals surface area contributed by atoms with Crippen molar-refractivity contribution in [2.24, 2.45) is 0 Å². The van der Waals surface area contributed by atoms with Crippen molar-refractivity contribution in [1.82, 2.24) is 5.32 Å². The second kappa shape index (κ2) is 5.87. The summed E-state index contributed by atoms with van der Waals surface area (Å²) in [5.74, 6) is 0.939. The number of hydrogen-bond donors (Lipinski definition) is 1. The first-order valence-electron chi connectivity index (χ1n) is 5.86. The van der Waals surface area contributed by atoms with E-state index in [0.29, 0.717) is 6.10 Å². The highest BCUT2D eigenvalue weighted by molar-refractivity contribution is 5.26. The van der Waals surface area contributed by atoms with Crippen molar-refractivity contribution in [3.05, 3.63) is 29.8 Å². The molecule has 1 unspecified atom stereocenters. The fraction of sp³-hybridized carbons (Fsp3) is 0.538. The zero-order chi connectivity index (χ0) is 11.2. The Labute approximate surface area is 96.8 Å². The van der Waals surface area contributed by atoms with E-state index in [4.69, 9.17) is 9.47 Å². The maximum absolute atomic E-state index is 5.66. The van der Waals surface area contributed by atoms with Gasteiger partial charge in [-0.05, 0) is 19.1 Å². The molecule has 1 fully saturated rings. The lowest BCUT2D eigenvalue weighted by Crippen LogP contribution is -2.39. The van der Waals surface area contributed by atoms with E-state index in [1.54, 1.807) is 0 Å². The highest BCUT2D eigenvalue weighted by Gasteiger charge is 2.12. The maximum Gasteiger partial charge on any atom is 0.119 e. The molecule has 0 spiro atoms. The SMILES string of the molecule is Cc1ccc(OCCC2CNCCO2)cc1. The van der Waals surface area contributed by atoms with Gasteiger partial charge >= 0.3 is 0 Å². The van der Waals surface area contributed by atoms with Gasteiger partial charge < -0.3 is 14.8 Å². The summed E-state index contributed by atoms with van der Waals surface area (Å²) in [5, 5.41) is 3.31. The zero-order valence-corrected chi connectivity index (χ0v) is 9.74. The minimum absolute atomic E-state index is 0.305. The normalized spacial score (nSPS) is 20.7. The average Bonchev–Trinajstić information content (AvgIpc) is 2.33. The van der Waals surface area contributed by atoms with Crippen molar-refractivity contribution >= 4 is 0 Å². The van der Waals surface area contributed by atoms with Crippen LogP contribution in [0.5, 0.6) is 5.75 Å². The molecule has 0 saturated carbocycles. The Bertz CT molecular complexity index is 304. The summed E-state index contributed by atoms with van der Waals surface area (Å²) in [4.78, 5) is 0. The lowest BCUT2D eigenvalue weighted by molar-refractivity contribution is 0.0159. The number of morpholine rings is 1. The molecule has 88 valence electrons. The van der Waals surface area contributed by atoms with E-state index in [1.165, 1.54) is 5.56 Å². The molecule has 3 heteroatoms.